The van der Waals surface area contributed by atoms with Crippen molar-refractivity contribution < 1.29 is 0 Å². The highest BCUT2D eigenvalue weighted by atomic mass is 35.7. The van der Waals surface area contributed by atoms with Gasteiger partial charge in [-0.15, -0.1) is 22.2 Å². The Morgan fingerprint density at radius 3 is 2.21 bits per heavy atom. The molecule has 0 radical (unpaired) electrons. The molecule has 0 aliphatic carbocycles. The molecule has 3 heteroatoms. The van der Waals surface area contributed by atoms with Crippen molar-refractivity contribution in [2.45, 2.75) is 31.7 Å². The van der Waals surface area contributed by atoms with Gasteiger partial charge in [0.2, 0.25) is 7.42 Å². The number of benzene rings is 1. The first-order chi connectivity index (χ1) is 6.52. The highest BCUT2D eigenvalue weighted by Gasteiger charge is 2.27. The third-order valence-corrected chi connectivity index (χ3v) is 7.51. The molecule has 0 amide bonds. The van der Waals surface area contributed by atoms with Gasteiger partial charge in [-0.25, -0.2) is 0 Å². The minimum Gasteiger partial charge on any atom is -0.150 e. The smallest absolute Gasteiger partial charge is 0.150 e. The van der Waals surface area contributed by atoms with Gasteiger partial charge in [0.25, 0.3) is 0 Å². The van der Waals surface area contributed by atoms with E-state index in [1.54, 1.807) is 0 Å². The maximum atomic E-state index is 6.04. The van der Waals surface area contributed by atoms with Gasteiger partial charge in [-0.05, 0) is 23.4 Å². The average molecular weight is 247 g/mol. The predicted octanol–water partition coefficient (Wildman–Crippen LogP) is 4.10. The summed E-state index contributed by atoms with van der Waals surface area (Å²) in [6, 6.07) is 10.5. The van der Waals surface area contributed by atoms with Crippen LogP contribution in [0.3, 0.4) is 0 Å². The Morgan fingerprint density at radius 1 is 1.14 bits per heavy atom. The Morgan fingerprint density at radius 2 is 1.71 bits per heavy atom. The van der Waals surface area contributed by atoms with E-state index in [1.165, 1.54) is 5.56 Å². The van der Waals surface area contributed by atoms with Crippen LogP contribution in [0.1, 0.15) is 25.8 Å². The summed E-state index contributed by atoms with van der Waals surface area (Å²) in [7, 11) is -1.58. The van der Waals surface area contributed by atoms with Gasteiger partial charge in [-0.2, -0.15) is 0 Å². The summed E-state index contributed by atoms with van der Waals surface area (Å²) in [5.74, 6) is 0. The van der Waals surface area contributed by atoms with E-state index in [0.29, 0.717) is 0 Å². The number of halogens is 2. The average Bonchev–Trinajstić information content (AvgIpc) is 2.16. The lowest BCUT2D eigenvalue weighted by Gasteiger charge is -2.24. The van der Waals surface area contributed by atoms with E-state index in [-0.39, 0.29) is 5.04 Å². The molecule has 0 N–H and O–H groups in total. The number of rotatable bonds is 4. The summed E-state index contributed by atoms with van der Waals surface area (Å²) in [6.07, 6.45) is 2.14. The van der Waals surface area contributed by atoms with Gasteiger partial charge in [-0.1, -0.05) is 44.2 Å². The molecular formula is C11H16Cl2Si. The fourth-order valence-electron chi connectivity index (χ4n) is 1.22. The molecule has 1 aromatic rings. The first-order valence-electron chi connectivity index (χ1n) is 4.84. The molecule has 0 unspecified atom stereocenters. The van der Waals surface area contributed by atoms with E-state index in [4.69, 9.17) is 22.2 Å². The number of aryl methyl sites for hydroxylation is 1. The molecule has 0 spiro atoms. The molecular weight excluding hydrogens is 231 g/mol. The van der Waals surface area contributed by atoms with E-state index in [0.717, 1.165) is 12.8 Å². The fourth-order valence-corrected chi connectivity index (χ4v) is 2.24. The standard InChI is InChI=1S/C11H16Cl2Si/c1-11(2,14(12)13)9-8-10-6-4-3-5-7-10/h3-7,14H,8-9H2,1-2H3. The molecule has 1 aromatic carbocycles. The maximum absolute atomic E-state index is 6.04. The molecule has 0 heterocycles. The van der Waals surface area contributed by atoms with E-state index in [1.807, 2.05) is 6.07 Å². The maximum Gasteiger partial charge on any atom is 0.242 e. The van der Waals surface area contributed by atoms with Gasteiger partial charge in [0.15, 0.2) is 0 Å². The van der Waals surface area contributed by atoms with Crippen molar-refractivity contribution in [1.82, 2.24) is 0 Å². The van der Waals surface area contributed by atoms with Crippen molar-refractivity contribution in [3.8, 4) is 0 Å². The Labute approximate surface area is 97.3 Å². The minimum atomic E-state index is -1.58. The lowest BCUT2D eigenvalue weighted by atomic mass is 10.0. The predicted molar refractivity (Wildman–Crippen MR) is 67.7 cm³/mol. The molecule has 0 saturated carbocycles. The van der Waals surface area contributed by atoms with Crippen LogP contribution < -0.4 is 0 Å². The van der Waals surface area contributed by atoms with Gasteiger partial charge in [0, 0.05) is 0 Å². The first kappa shape index (κ1) is 12.1. The van der Waals surface area contributed by atoms with Crippen LogP contribution in [-0.4, -0.2) is 7.42 Å². The van der Waals surface area contributed by atoms with Gasteiger partial charge in [0.1, 0.15) is 0 Å². The zero-order valence-electron chi connectivity index (χ0n) is 8.63. The lowest BCUT2D eigenvalue weighted by Crippen LogP contribution is -2.17. The Kier molecular flexibility index (Phi) is 4.49. The summed E-state index contributed by atoms with van der Waals surface area (Å²) in [6.45, 7) is 4.32. The zero-order chi connectivity index (χ0) is 10.6. The molecule has 78 valence electrons. The van der Waals surface area contributed by atoms with Crippen LogP contribution in [0, 0.1) is 0 Å². The molecule has 0 bridgehead atoms. The number of hydrogen-bond acceptors (Lipinski definition) is 0. The van der Waals surface area contributed by atoms with E-state index in [2.05, 4.69) is 38.1 Å². The number of hydrogen-bond donors (Lipinski definition) is 0. The summed E-state index contributed by atoms with van der Waals surface area (Å²) in [4.78, 5) is 0. The minimum absolute atomic E-state index is 0.124. The molecule has 0 aromatic heterocycles. The lowest BCUT2D eigenvalue weighted by molar-refractivity contribution is 0.606. The molecule has 0 fully saturated rings. The SMILES string of the molecule is CC(C)(CCc1ccccc1)[SiH](Cl)Cl. The molecule has 0 nitrogen and oxygen atoms in total. The molecule has 14 heavy (non-hydrogen) atoms. The summed E-state index contributed by atoms with van der Waals surface area (Å²) in [5.41, 5.74) is 1.36. The van der Waals surface area contributed by atoms with Crippen LogP contribution in [-0.2, 0) is 6.42 Å². The molecule has 0 saturated heterocycles. The first-order valence-corrected chi connectivity index (χ1v) is 8.91. The van der Waals surface area contributed by atoms with Crippen molar-refractivity contribution in [3.05, 3.63) is 35.9 Å². The van der Waals surface area contributed by atoms with Crippen LogP contribution in [0.15, 0.2) is 30.3 Å². The second-order valence-electron chi connectivity index (χ2n) is 4.27. The fraction of sp³-hybridized carbons (Fsp3) is 0.455. The van der Waals surface area contributed by atoms with Crippen molar-refractivity contribution in [3.63, 3.8) is 0 Å². The monoisotopic (exact) mass is 246 g/mol. The van der Waals surface area contributed by atoms with Gasteiger partial charge in [0.05, 0.1) is 0 Å². The zero-order valence-corrected chi connectivity index (χ0v) is 11.3. The highest BCUT2D eigenvalue weighted by Crippen LogP contribution is 2.37. The van der Waals surface area contributed by atoms with Crippen LogP contribution in [0.5, 0.6) is 0 Å². The van der Waals surface area contributed by atoms with Crippen LogP contribution in [0.4, 0.5) is 0 Å². The van der Waals surface area contributed by atoms with Gasteiger partial charge >= 0.3 is 0 Å². The van der Waals surface area contributed by atoms with Crippen molar-refractivity contribution in [1.29, 1.82) is 0 Å². The topological polar surface area (TPSA) is 0 Å². The quantitative estimate of drug-likeness (QED) is 0.555. The van der Waals surface area contributed by atoms with Crippen LogP contribution in [0.2, 0.25) is 5.04 Å². The molecule has 1 rings (SSSR count). The Balaban J connectivity index is 2.49. The van der Waals surface area contributed by atoms with Crippen molar-refractivity contribution in [2.75, 3.05) is 0 Å². The van der Waals surface area contributed by atoms with E-state index < -0.39 is 7.42 Å². The Hall–Kier alpha value is 0.0169. The molecule has 0 aliphatic rings. The summed E-state index contributed by atoms with van der Waals surface area (Å²) >= 11 is 12.1. The highest BCUT2D eigenvalue weighted by molar-refractivity contribution is 7.35. The second-order valence-corrected chi connectivity index (χ2v) is 9.73. The van der Waals surface area contributed by atoms with Crippen LogP contribution >= 0.6 is 22.2 Å². The van der Waals surface area contributed by atoms with Crippen LogP contribution in [0.25, 0.3) is 0 Å². The van der Waals surface area contributed by atoms with Crippen molar-refractivity contribution in [2.24, 2.45) is 0 Å². The summed E-state index contributed by atoms with van der Waals surface area (Å²) < 4.78 is 0. The Bertz CT molecular complexity index is 270. The van der Waals surface area contributed by atoms with E-state index >= 15 is 0 Å². The third kappa shape index (κ3) is 3.64. The third-order valence-electron chi connectivity index (χ3n) is 2.49. The normalized spacial score (nSPS) is 12.1. The van der Waals surface area contributed by atoms with Gasteiger partial charge < -0.3 is 0 Å². The molecule has 0 aliphatic heterocycles. The second kappa shape index (κ2) is 5.20. The summed E-state index contributed by atoms with van der Waals surface area (Å²) in [5, 5.41) is 0.124. The van der Waals surface area contributed by atoms with E-state index in [9.17, 15) is 0 Å². The van der Waals surface area contributed by atoms with Crippen molar-refractivity contribution >= 4 is 29.6 Å². The largest absolute Gasteiger partial charge is 0.242 e. The van der Waals surface area contributed by atoms with Gasteiger partial charge in [-0.3, -0.25) is 0 Å². The molecule has 0 atom stereocenters.